The molecule has 0 unspecified atom stereocenters. The van der Waals surface area contributed by atoms with Gasteiger partial charge in [0.1, 0.15) is 6.54 Å². The van der Waals surface area contributed by atoms with Crippen molar-refractivity contribution in [2.45, 2.75) is 32.5 Å². The monoisotopic (exact) mass is 430 g/mol. The first-order valence-corrected chi connectivity index (χ1v) is 9.34. The van der Waals surface area contributed by atoms with E-state index in [0.29, 0.717) is 17.2 Å². The van der Waals surface area contributed by atoms with Gasteiger partial charge in [-0.25, -0.2) is 14.6 Å². The van der Waals surface area contributed by atoms with Crippen molar-refractivity contribution in [3.8, 4) is 0 Å². The van der Waals surface area contributed by atoms with E-state index in [1.165, 1.54) is 6.20 Å². The summed E-state index contributed by atoms with van der Waals surface area (Å²) in [5, 5.41) is 7.01. The lowest BCUT2D eigenvalue weighted by Gasteiger charge is -2.15. The Morgan fingerprint density at radius 3 is 2.68 bits per heavy atom. The van der Waals surface area contributed by atoms with Gasteiger partial charge in [0.25, 0.3) is 5.56 Å². The molecule has 0 spiro atoms. The second-order valence-electron chi connectivity index (χ2n) is 7.29. The van der Waals surface area contributed by atoms with Crippen LogP contribution in [0.1, 0.15) is 31.0 Å². The molecule has 0 atom stereocenters. The Balaban J connectivity index is 1.68. The molecule has 11 heteroatoms. The number of fused-ring (bicyclic) bond motifs is 2. The Labute approximate surface area is 173 Å². The van der Waals surface area contributed by atoms with E-state index in [1.54, 1.807) is 36.8 Å². The second-order valence-corrected chi connectivity index (χ2v) is 7.29. The molecule has 0 radical (unpaired) electrons. The lowest BCUT2D eigenvalue weighted by molar-refractivity contribution is -0.137. The molecule has 3 aromatic heterocycles. The first kappa shape index (κ1) is 20.5. The van der Waals surface area contributed by atoms with E-state index in [1.807, 2.05) is 0 Å². The summed E-state index contributed by atoms with van der Waals surface area (Å²) in [5.74, 6) is -0.337. The van der Waals surface area contributed by atoms with E-state index in [4.69, 9.17) is 0 Å². The molecule has 160 valence electrons. The third kappa shape index (κ3) is 3.98. The number of carbonyl (C=O) groups is 1. The number of hydrogen-bond acceptors (Lipinski definition) is 5. The van der Waals surface area contributed by atoms with Crippen molar-refractivity contribution < 1.29 is 18.0 Å². The maximum atomic E-state index is 13.1. The summed E-state index contributed by atoms with van der Waals surface area (Å²) in [6.07, 6.45) is 1.72. The predicted octanol–water partition coefficient (Wildman–Crippen LogP) is 3.22. The number of amides is 1. The molecule has 4 rings (SSSR count). The van der Waals surface area contributed by atoms with E-state index in [-0.39, 0.29) is 16.7 Å². The third-order valence-corrected chi connectivity index (χ3v) is 4.69. The van der Waals surface area contributed by atoms with Crippen LogP contribution in [0.5, 0.6) is 0 Å². The fourth-order valence-electron chi connectivity index (χ4n) is 3.24. The number of nitrogens with one attached hydrogen (secondary N) is 1. The van der Waals surface area contributed by atoms with Crippen LogP contribution in [-0.2, 0) is 17.5 Å². The van der Waals surface area contributed by atoms with Crippen LogP contribution in [-0.4, -0.2) is 30.1 Å². The van der Waals surface area contributed by atoms with E-state index in [9.17, 15) is 22.8 Å². The Kier molecular flexibility index (Phi) is 4.96. The summed E-state index contributed by atoms with van der Waals surface area (Å²) in [4.78, 5) is 33.4. The van der Waals surface area contributed by atoms with E-state index in [2.05, 4.69) is 20.4 Å². The number of halogens is 3. The van der Waals surface area contributed by atoms with Crippen LogP contribution in [0.3, 0.4) is 0 Å². The molecule has 31 heavy (non-hydrogen) atoms. The van der Waals surface area contributed by atoms with Gasteiger partial charge in [-0.3, -0.25) is 14.0 Å². The van der Waals surface area contributed by atoms with Gasteiger partial charge >= 0.3 is 6.18 Å². The maximum Gasteiger partial charge on any atom is 0.416 e. The molecule has 0 saturated heterocycles. The fraction of sp³-hybridized carbons (Fsp3) is 0.250. The number of rotatable bonds is 4. The van der Waals surface area contributed by atoms with Gasteiger partial charge < -0.3 is 5.32 Å². The first-order chi connectivity index (χ1) is 14.6. The lowest BCUT2D eigenvalue weighted by Crippen LogP contribution is -2.31. The van der Waals surface area contributed by atoms with Crippen molar-refractivity contribution in [1.82, 2.24) is 24.1 Å². The highest BCUT2D eigenvalue weighted by atomic mass is 19.4. The molecule has 0 aliphatic rings. The summed E-state index contributed by atoms with van der Waals surface area (Å²) in [6.45, 7) is 3.10. The Bertz CT molecular complexity index is 1360. The summed E-state index contributed by atoms with van der Waals surface area (Å²) in [6, 6.07) is 2.90. The van der Waals surface area contributed by atoms with Crippen LogP contribution in [0.15, 0.2) is 47.8 Å². The molecule has 1 amide bonds. The zero-order chi connectivity index (χ0) is 22.3. The van der Waals surface area contributed by atoms with Crippen molar-refractivity contribution in [3.63, 3.8) is 0 Å². The largest absolute Gasteiger partial charge is 0.416 e. The molecule has 0 bridgehead atoms. The number of aromatic nitrogens is 5. The zero-order valence-corrected chi connectivity index (χ0v) is 16.5. The molecule has 3 heterocycles. The van der Waals surface area contributed by atoms with Crippen LogP contribution in [0.2, 0.25) is 0 Å². The van der Waals surface area contributed by atoms with Gasteiger partial charge in [0.15, 0.2) is 0 Å². The second kappa shape index (κ2) is 7.49. The standard InChI is InChI=1S/C20H17F3N6O2/c1-11(2)17-15-7-12(20(21,22)23)3-4-14(15)18(31)29(27-17)10-16(30)26-13-8-25-19-24-5-6-28(19)9-13/h3-9,11H,10H2,1-2H3,(H,26,30). The highest BCUT2D eigenvalue weighted by Gasteiger charge is 2.31. The zero-order valence-electron chi connectivity index (χ0n) is 16.5. The third-order valence-electron chi connectivity index (χ3n) is 4.69. The quantitative estimate of drug-likeness (QED) is 0.537. The van der Waals surface area contributed by atoms with E-state index in [0.717, 1.165) is 22.9 Å². The normalized spacial score (nSPS) is 12.1. The van der Waals surface area contributed by atoms with Gasteiger partial charge in [-0.1, -0.05) is 13.8 Å². The van der Waals surface area contributed by atoms with Crippen LogP contribution in [0.4, 0.5) is 18.9 Å². The molecule has 1 aromatic carbocycles. The molecule has 0 aliphatic heterocycles. The number of alkyl halides is 3. The average molecular weight is 430 g/mol. The van der Waals surface area contributed by atoms with Crippen molar-refractivity contribution in [2.24, 2.45) is 0 Å². The lowest BCUT2D eigenvalue weighted by atomic mass is 10.0. The van der Waals surface area contributed by atoms with Gasteiger partial charge in [0.2, 0.25) is 11.7 Å². The van der Waals surface area contributed by atoms with Gasteiger partial charge in [-0.15, -0.1) is 0 Å². The molecule has 1 N–H and O–H groups in total. The molecule has 0 fully saturated rings. The van der Waals surface area contributed by atoms with Crippen molar-refractivity contribution in [3.05, 3.63) is 64.6 Å². The Hall–Kier alpha value is -3.76. The van der Waals surface area contributed by atoms with Gasteiger partial charge in [-0.05, 0) is 24.1 Å². The predicted molar refractivity (Wildman–Crippen MR) is 107 cm³/mol. The average Bonchev–Trinajstić information content (AvgIpc) is 3.16. The smallest absolute Gasteiger partial charge is 0.322 e. The summed E-state index contributed by atoms with van der Waals surface area (Å²) < 4.78 is 41.9. The number of imidazole rings is 1. The minimum atomic E-state index is -4.54. The Morgan fingerprint density at radius 1 is 1.19 bits per heavy atom. The Morgan fingerprint density at radius 2 is 1.97 bits per heavy atom. The molecule has 4 aromatic rings. The summed E-state index contributed by atoms with van der Waals surface area (Å²) >= 11 is 0. The molecule has 8 nitrogen and oxygen atoms in total. The van der Waals surface area contributed by atoms with Crippen LogP contribution < -0.4 is 10.9 Å². The molecule has 0 aliphatic carbocycles. The van der Waals surface area contributed by atoms with Gasteiger partial charge in [0, 0.05) is 24.0 Å². The number of benzene rings is 1. The van der Waals surface area contributed by atoms with Crippen LogP contribution >= 0.6 is 0 Å². The molecular formula is C20H17F3N6O2. The van der Waals surface area contributed by atoms with Gasteiger partial charge in [0.05, 0.1) is 28.5 Å². The summed E-state index contributed by atoms with van der Waals surface area (Å²) in [7, 11) is 0. The van der Waals surface area contributed by atoms with Crippen LogP contribution in [0, 0.1) is 0 Å². The van der Waals surface area contributed by atoms with E-state index < -0.39 is 29.8 Å². The van der Waals surface area contributed by atoms with E-state index >= 15 is 0 Å². The van der Waals surface area contributed by atoms with Crippen LogP contribution in [0.25, 0.3) is 16.6 Å². The van der Waals surface area contributed by atoms with Gasteiger partial charge in [-0.2, -0.15) is 18.3 Å². The van der Waals surface area contributed by atoms with Crippen molar-refractivity contribution in [1.29, 1.82) is 0 Å². The SMILES string of the molecule is CC(C)c1nn(CC(=O)Nc2cnc3nccn3c2)c(=O)c2ccc(C(F)(F)F)cc12. The molecular weight excluding hydrogens is 413 g/mol. The highest BCUT2D eigenvalue weighted by molar-refractivity contribution is 5.90. The first-order valence-electron chi connectivity index (χ1n) is 9.34. The van der Waals surface area contributed by atoms with Crippen molar-refractivity contribution >= 4 is 28.1 Å². The number of hydrogen-bond donors (Lipinski definition) is 1. The topological polar surface area (TPSA) is 94.2 Å². The number of carbonyl (C=O) groups excluding carboxylic acids is 1. The van der Waals surface area contributed by atoms with Crippen molar-refractivity contribution in [2.75, 3.05) is 5.32 Å². The highest BCUT2D eigenvalue weighted by Crippen LogP contribution is 2.32. The minimum absolute atomic E-state index is 0.0704. The number of nitrogens with zero attached hydrogens (tertiary/aromatic N) is 5. The number of anilines is 1. The minimum Gasteiger partial charge on any atom is -0.322 e. The maximum absolute atomic E-state index is 13.1. The molecule has 0 saturated carbocycles. The fourth-order valence-corrected chi connectivity index (χ4v) is 3.24. The summed E-state index contributed by atoms with van der Waals surface area (Å²) in [5.41, 5.74) is -0.814.